The lowest BCUT2D eigenvalue weighted by Crippen LogP contribution is -2.17. The Kier molecular flexibility index (Phi) is 4.41. The van der Waals surface area contributed by atoms with E-state index in [2.05, 4.69) is 26.8 Å². The van der Waals surface area contributed by atoms with Crippen LogP contribution in [0.5, 0.6) is 0 Å². The van der Waals surface area contributed by atoms with E-state index in [9.17, 15) is 9.59 Å². The summed E-state index contributed by atoms with van der Waals surface area (Å²) in [4.78, 5) is 22.0. The lowest BCUT2D eigenvalue weighted by atomic mass is 10.3. The summed E-state index contributed by atoms with van der Waals surface area (Å²) >= 11 is 5.53. The Morgan fingerprint density at radius 1 is 1.59 bits per heavy atom. The number of hydrogen-bond donors (Lipinski definition) is 2. The lowest BCUT2D eigenvalue weighted by Gasteiger charge is -2.07. The van der Waals surface area contributed by atoms with Gasteiger partial charge in [0.2, 0.25) is 0 Å². The molecule has 8 heteroatoms. The summed E-state index contributed by atoms with van der Waals surface area (Å²) in [6.07, 6.45) is 0.534. The summed E-state index contributed by atoms with van der Waals surface area (Å²) in [5, 5.41) is 17.6. The van der Waals surface area contributed by atoms with Crippen LogP contribution in [-0.4, -0.2) is 34.0 Å². The first-order valence-corrected chi connectivity index (χ1v) is 4.73. The highest BCUT2D eigenvalue weighted by Crippen LogP contribution is 2.16. The Hall–Kier alpha value is -2.15. The Bertz CT molecular complexity index is 464. The Morgan fingerprint density at radius 2 is 2.29 bits per heavy atom. The number of halogens is 1. The van der Waals surface area contributed by atoms with Crippen LogP contribution in [0.3, 0.4) is 0 Å². The predicted molar refractivity (Wildman–Crippen MR) is 59.2 cm³/mol. The number of hydrogen-bond acceptors (Lipinski definition) is 5. The number of carbonyl (C=O) groups excluding carboxylic acids is 1. The van der Waals surface area contributed by atoms with Crippen LogP contribution < -0.4 is 5.32 Å². The number of carboxylic acids is 1. The highest BCUT2D eigenvalue weighted by molar-refractivity contribution is 6.29. The molecule has 1 rings (SSSR count). The quantitative estimate of drug-likeness (QED) is 0.794. The van der Waals surface area contributed by atoms with Crippen molar-refractivity contribution < 1.29 is 19.4 Å². The molecule has 0 spiro atoms. The number of aromatic nitrogens is 2. The van der Waals surface area contributed by atoms with Gasteiger partial charge < -0.3 is 9.84 Å². The molecule has 0 fully saturated rings. The van der Waals surface area contributed by atoms with E-state index < -0.39 is 17.8 Å². The van der Waals surface area contributed by atoms with Gasteiger partial charge >= 0.3 is 12.1 Å². The third kappa shape index (κ3) is 3.72. The van der Waals surface area contributed by atoms with Crippen LogP contribution in [0.15, 0.2) is 18.7 Å². The molecule has 0 aliphatic rings. The molecule has 0 atom stereocenters. The van der Waals surface area contributed by atoms with Crippen LogP contribution in [0.1, 0.15) is 10.5 Å². The van der Waals surface area contributed by atoms with Gasteiger partial charge in [0, 0.05) is 6.07 Å². The van der Waals surface area contributed by atoms with Crippen molar-refractivity contribution >= 4 is 29.4 Å². The minimum atomic E-state index is -1.34. The van der Waals surface area contributed by atoms with E-state index in [1.165, 1.54) is 6.08 Å². The molecule has 1 aromatic heterocycles. The Balaban J connectivity index is 2.88. The fourth-order valence-corrected chi connectivity index (χ4v) is 1.05. The zero-order chi connectivity index (χ0) is 12.8. The monoisotopic (exact) mass is 257 g/mol. The molecule has 0 saturated carbocycles. The summed E-state index contributed by atoms with van der Waals surface area (Å²) in [5.74, 6) is -1.34. The molecule has 0 aliphatic heterocycles. The van der Waals surface area contributed by atoms with Crippen LogP contribution in [0.2, 0.25) is 5.15 Å². The SMILES string of the molecule is C=CCOC(=O)Nc1cc(Cl)nnc1C(=O)O. The van der Waals surface area contributed by atoms with Crippen molar-refractivity contribution in [3.05, 3.63) is 29.6 Å². The second kappa shape index (κ2) is 5.80. The minimum Gasteiger partial charge on any atom is -0.476 e. The first kappa shape index (κ1) is 12.9. The van der Waals surface area contributed by atoms with E-state index in [0.717, 1.165) is 6.07 Å². The standard InChI is InChI=1S/C9H8ClN3O4/c1-2-3-17-9(16)11-5-4-6(10)12-13-7(5)8(14)15/h2,4H,1,3H2,(H,14,15)(H,11,12,16). The number of anilines is 1. The molecule has 0 saturated heterocycles. The topological polar surface area (TPSA) is 101 Å². The number of ether oxygens (including phenoxy) is 1. The highest BCUT2D eigenvalue weighted by Gasteiger charge is 2.16. The number of carbonyl (C=O) groups is 2. The molecule has 17 heavy (non-hydrogen) atoms. The Labute approximate surface area is 101 Å². The first-order valence-electron chi connectivity index (χ1n) is 4.35. The molecule has 2 N–H and O–H groups in total. The van der Waals surface area contributed by atoms with Gasteiger partial charge in [0.25, 0.3) is 0 Å². The molecule has 0 aromatic carbocycles. The maximum absolute atomic E-state index is 11.2. The normalized spacial score (nSPS) is 9.47. The van der Waals surface area contributed by atoms with Gasteiger partial charge in [0.05, 0.1) is 5.69 Å². The molecular weight excluding hydrogens is 250 g/mol. The molecule has 0 unspecified atom stereocenters. The zero-order valence-corrected chi connectivity index (χ0v) is 9.27. The number of nitrogens with one attached hydrogen (secondary N) is 1. The maximum Gasteiger partial charge on any atom is 0.412 e. The molecule has 1 amide bonds. The van der Waals surface area contributed by atoms with Crippen molar-refractivity contribution in [2.45, 2.75) is 0 Å². The molecule has 7 nitrogen and oxygen atoms in total. The van der Waals surface area contributed by atoms with E-state index in [-0.39, 0.29) is 17.4 Å². The van der Waals surface area contributed by atoms with Crippen molar-refractivity contribution in [2.75, 3.05) is 11.9 Å². The molecule has 1 aromatic rings. The number of nitrogens with zero attached hydrogens (tertiary/aromatic N) is 2. The summed E-state index contributed by atoms with van der Waals surface area (Å²) in [5.41, 5.74) is -0.517. The van der Waals surface area contributed by atoms with Crippen LogP contribution in [0.4, 0.5) is 10.5 Å². The second-order valence-electron chi connectivity index (χ2n) is 2.75. The smallest absolute Gasteiger partial charge is 0.412 e. The van der Waals surface area contributed by atoms with Crippen molar-refractivity contribution in [3.8, 4) is 0 Å². The average Bonchev–Trinajstić information content (AvgIpc) is 2.26. The fraction of sp³-hybridized carbons (Fsp3) is 0.111. The molecule has 90 valence electrons. The second-order valence-corrected chi connectivity index (χ2v) is 3.13. The van der Waals surface area contributed by atoms with Crippen molar-refractivity contribution in [2.24, 2.45) is 0 Å². The lowest BCUT2D eigenvalue weighted by molar-refractivity contribution is 0.0690. The third-order valence-corrected chi connectivity index (χ3v) is 1.72. The van der Waals surface area contributed by atoms with Crippen molar-refractivity contribution in [1.82, 2.24) is 10.2 Å². The number of amides is 1. The average molecular weight is 258 g/mol. The molecule has 1 heterocycles. The highest BCUT2D eigenvalue weighted by atomic mass is 35.5. The van der Waals surface area contributed by atoms with Gasteiger partial charge in [0.15, 0.2) is 10.8 Å². The number of aromatic carboxylic acids is 1. The van der Waals surface area contributed by atoms with E-state index in [4.69, 9.17) is 16.7 Å². The van der Waals surface area contributed by atoms with Gasteiger partial charge in [-0.05, 0) is 0 Å². The molecule has 0 radical (unpaired) electrons. The minimum absolute atomic E-state index is 0.000479. The van der Waals surface area contributed by atoms with E-state index >= 15 is 0 Å². The Morgan fingerprint density at radius 3 is 2.88 bits per heavy atom. The number of rotatable bonds is 4. The number of carboxylic acid groups (broad SMARTS) is 1. The largest absolute Gasteiger partial charge is 0.476 e. The van der Waals surface area contributed by atoms with Crippen LogP contribution in [-0.2, 0) is 4.74 Å². The van der Waals surface area contributed by atoms with Crippen molar-refractivity contribution in [3.63, 3.8) is 0 Å². The van der Waals surface area contributed by atoms with Crippen molar-refractivity contribution in [1.29, 1.82) is 0 Å². The van der Waals surface area contributed by atoms with Crippen LogP contribution >= 0.6 is 11.6 Å². The first-order chi connectivity index (χ1) is 8.04. The van der Waals surface area contributed by atoms with Gasteiger partial charge in [-0.3, -0.25) is 5.32 Å². The van der Waals surface area contributed by atoms with E-state index in [0.29, 0.717) is 0 Å². The van der Waals surface area contributed by atoms with Gasteiger partial charge in [0.1, 0.15) is 6.61 Å². The molecule has 0 bridgehead atoms. The maximum atomic E-state index is 11.2. The van der Waals surface area contributed by atoms with E-state index in [1.807, 2.05) is 0 Å². The summed E-state index contributed by atoms with van der Waals surface area (Å²) < 4.78 is 4.62. The summed E-state index contributed by atoms with van der Waals surface area (Å²) in [6, 6.07) is 1.16. The molecule has 0 aliphatic carbocycles. The fourth-order valence-electron chi connectivity index (χ4n) is 0.902. The van der Waals surface area contributed by atoms with Crippen LogP contribution in [0, 0.1) is 0 Å². The summed E-state index contributed by atoms with van der Waals surface area (Å²) in [7, 11) is 0. The van der Waals surface area contributed by atoms with Gasteiger partial charge in [-0.25, -0.2) is 9.59 Å². The van der Waals surface area contributed by atoms with Gasteiger partial charge in [-0.2, -0.15) is 0 Å². The summed E-state index contributed by atoms with van der Waals surface area (Å²) in [6.45, 7) is 3.36. The van der Waals surface area contributed by atoms with E-state index in [1.54, 1.807) is 0 Å². The third-order valence-electron chi connectivity index (χ3n) is 1.54. The van der Waals surface area contributed by atoms with Gasteiger partial charge in [-0.1, -0.05) is 24.3 Å². The van der Waals surface area contributed by atoms with Crippen LogP contribution in [0.25, 0.3) is 0 Å². The zero-order valence-electron chi connectivity index (χ0n) is 8.51. The molecular formula is C9H8ClN3O4. The van der Waals surface area contributed by atoms with Gasteiger partial charge in [-0.15, -0.1) is 10.2 Å². The predicted octanol–water partition coefficient (Wildman–Crippen LogP) is 1.56.